The van der Waals surface area contributed by atoms with Gasteiger partial charge in [-0.15, -0.1) is 0 Å². The first-order valence-electron chi connectivity index (χ1n) is 7.82. The first-order valence-corrected chi connectivity index (χ1v) is 7.82. The van der Waals surface area contributed by atoms with E-state index in [1.807, 2.05) is 0 Å². The fraction of sp³-hybridized carbons (Fsp3) is 0.625. The maximum Gasteiger partial charge on any atom is 0.416 e. The van der Waals surface area contributed by atoms with Crippen LogP contribution in [-0.4, -0.2) is 25.7 Å². The number of quaternary nitrogens is 2. The highest BCUT2D eigenvalue weighted by Crippen LogP contribution is 2.29. The third kappa shape index (κ3) is 5.00. The Kier molecular flexibility index (Phi) is 5.65. The van der Waals surface area contributed by atoms with Crippen molar-refractivity contribution in [2.24, 2.45) is 0 Å². The summed E-state index contributed by atoms with van der Waals surface area (Å²) in [6.07, 6.45) is -0.707. The van der Waals surface area contributed by atoms with Crippen LogP contribution >= 0.6 is 0 Å². The highest BCUT2D eigenvalue weighted by molar-refractivity contribution is 5.24. The third-order valence-corrected chi connectivity index (χ3v) is 4.28. The summed E-state index contributed by atoms with van der Waals surface area (Å²) >= 11 is 0. The normalized spacial score (nSPS) is 23.2. The first-order chi connectivity index (χ1) is 9.99. The summed E-state index contributed by atoms with van der Waals surface area (Å²) in [7, 11) is 0. The minimum Gasteiger partial charge on any atom is -0.340 e. The molecule has 0 bridgehead atoms. The fourth-order valence-corrected chi connectivity index (χ4v) is 3.07. The molecule has 0 radical (unpaired) electrons. The highest BCUT2D eigenvalue weighted by Gasteiger charge is 2.30. The van der Waals surface area contributed by atoms with Crippen molar-refractivity contribution >= 4 is 0 Å². The van der Waals surface area contributed by atoms with Gasteiger partial charge in [0, 0.05) is 18.4 Å². The molecule has 118 valence electrons. The molecule has 0 spiro atoms. The largest absolute Gasteiger partial charge is 0.416 e. The van der Waals surface area contributed by atoms with E-state index >= 15 is 0 Å². The van der Waals surface area contributed by atoms with E-state index in [2.05, 4.69) is 12.2 Å². The van der Waals surface area contributed by atoms with Crippen molar-refractivity contribution in [1.29, 1.82) is 0 Å². The number of hydrogen-bond donors (Lipinski definition) is 2. The Morgan fingerprint density at radius 1 is 1.24 bits per heavy atom. The maximum absolute atomic E-state index is 12.7. The van der Waals surface area contributed by atoms with E-state index in [0.29, 0.717) is 12.6 Å². The molecule has 1 aliphatic heterocycles. The summed E-state index contributed by atoms with van der Waals surface area (Å²) in [5.41, 5.74) is 0.212. The van der Waals surface area contributed by atoms with Crippen molar-refractivity contribution in [3.05, 3.63) is 35.4 Å². The minimum absolute atomic E-state index is 0.546. The van der Waals surface area contributed by atoms with Gasteiger partial charge in [-0.25, -0.2) is 0 Å². The molecule has 3 N–H and O–H groups in total. The maximum atomic E-state index is 12.7. The van der Waals surface area contributed by atoms with E-state index in [4.69, 9.17) is 0 Å². The van der Waals surface area contributed by atoms with Crippen molar-refractivity contribution in [2.75, 3.05) is 19.6 Å². The minimum atomic E-state index is -4.25. The standard InChI is InChI=1S/C16H23F3N2/c1-2-8-21-9-6-15(7-10-21)20-12-13-4-3-5-14(11-13)16(17,18)19/h3-5,11,15,20H,2,6-10,12H2,1H3/p+2. The molecule has 1 saturated heterocycles. The Morgan fingerprint density at radius 3 is 2.57 bits per heavy atom. The molecule has 2 nitrogen and oxygen atoms in total. The van der Waals surface area contributed by atoms with Crippen molar-refractivity contribution in [1.82, 2.24) is 0 Å². The Labute approximate surface area is 124 Å². The highest BCUT2D eigenvalue weighted by atomic mass is 19.4. The number of rotatable bonds is 5. The Balaban J connectivity index is 1.81. The monoisotopic (exact) mass is 302 g/mol. The molecule has 1 aromatic rings. The molecular formula is C16H25F3N2+2. The Bertz CT molecular complexity index is 437. The lowest BCUT2D eigenvalue weighted by Crippen LogP contribution is -3.14. The van der Waals surface area contributed by atoms with E-state index < -0.39 is 11.7 Å². The molecule has 0 unspecified atom stereocenters. The number of piperidine rings is 1. The van der Waals surface area contributed by atoms with Crippen LogP contribution in [0, 0.1) is 0 Å². The smallest absolute Gasteiger partial charge is 0.340 e. The van der Waals surface area contributed by atoms with Crippen LogP contribution < -0.4 is 10.2 Å². The second-order valence-corrected chi connectivity index (χ2v) is 5.98. The molecule has 0 aliphatic carbocycles. The predicted octanol–water partition coefficient (Wildman–Crippen LogP) is 1.23. The molecular weight excluding hydrogens is 277 g/mol. The molecule has 1 aliphatic rings. The van der Waals surface area contributed by atoms with Gasteiger partial charge >= 0.3 is 6.18 Å². The van der Waals surface area contributed by atoms with Crippen LogP contribution in [0.2, 0.25) is 0 Å². The number of halogens is 3. The SMILES string of the molecule is CCC[NH+]1CCC([NH2+]Cc2cccc(C(F)(F)F)c2)CC1. The van der Waals surface area contributed by atoms with Crippen LogP contribution in [-0.2, 0) is 12.7 Å². The molecule has 1 fully saturated rings. The van der Waals surface area contributed by atoms with Gasteiger partial charge in [0.05, 0.1) is 31.2 Å². The van der Waals surface area contributed by atoms with Gasteiger partial charge in [-0.2, -0.15) is 13.2 Å². The van der Waals surface area contributed by atoms with Crippen molar-refractivity contribution in [2.45, 2.75) is 44.9 Å². The molecule has 2 rings (SSSR count). The number of likely N-dealkylation sites (tertiary alicyclic amines) is 1. The summed E-state index contributed by atoms with van der Waals surface area (Å²) < 4.78 is 38.0. The van der Waals surface area contributed by atoms with Gasteiger partial charge in [-0.05, 0) is 18.6 Å². The van der Waals surface area contributed by atoms with Crippen molar-refractivity contribution in [3.8, 4) is 0 Å². The quantitative estimate of drug-likeness (QED) is 0.816. The average molecular weight is 302 g/mol. The fourth-order valence-electron chi connectivity index (χ4n) is 3.07. The molecule has 0 saturated carbocycles. The summed E-state index contributed by atoms with van der Waals surface area (Å²) in [5, 5.41) is 2.21. The Morgan fingerprint density at radius 2 is 1.95 bits per heavy atom. The zero-order valence-electron chi connectivity index (χ0n) is 12.5. The lowest BCUT2D eigenvalue weighted by Gasteiger charge is -2.27. The molecule has 0 amide bonds. The molecule has 5 heteroatoms. The van der Waals surface area contributed by atoms with E-state index in [-0.39, 0.29) is 0 Å². The lowest BCUT2D eigenvalue weighted by atomic mass is 10.0. The van der Waals surface area contributed by atoms with Gasteiger partial charge in [0.15, 0.2) is 0 Å². The zero-order valence-corrected chi connectivity index (χ0v) is 12.5. The second kappa shape index (κ2) is 7.27. The van der Waals surface area contributed by atoms with Crippen LogP contribution in [0.3, 0.4) is 0 Å². The van der Waals surface area contributed by atoms with Gasteiger partial charge < -0.3 is 10.2 Å². The molecule has 0 aromatic heterocycles. The van der Waals surface area contributed by atoms with Gasteiger partial charge in [0.1, 0.15) is 6.54 Å². The molecule has 0 atom stereocenters. The lowest BCUT2D eigenvalue weighted by molar-refractivity contribution is -0.913. The summed E-state index contributed by atoms with van der Waals surface area (Å²) in [5.74, 6) is 0. The van der Waals surface area contributed by atoms with E-state index in [9.17, 15) is 13.2 Å². The van der Waals surface area contributed by atoms with Crippen LogP contribution in [0.1, 0.15) is 37.3 Å². The summed E-state index contributed by atoms with van der Waals surface area (Å²) in [4.78, 5) is 1.67. The Hall–Kier alpha value is -1.07. The van der Waals surface area contributed by atoms with Crippen molar-refractivity contribution < 1.29 is 23.4 Å². The predicted molar refractivity (Wildman–Crippen MR) is 76.0 cm³/mol. The van der Waals surface area contributed by atoms with E-state index in [1.54, 1.807) is 11.0 Å². The molecule has 1 aromatic carbocycles. The van der Waals surface area contributed by atoms with Crippen LogP contribution in [0.5, 0.6) is 0 Å². The number of benzene rings is 1. The van der Waals surface area contributed by atoms with Crippen LogP contribution in [0.4, 0.5) is 13.2 Å². The zero-order chi connectivity index (χ0) is 15.3. The average Bonchev–Trinajstić information content (AvgIpc) is 2.46. The van der Waals surface area contributed by atoms with Gasteiger partial charge in [0.2, 0.25) is 0 Å². The van der Waals surface area contributed by atoms with Gasteiger partial charge in [0.25, 0.3) is 0 Å². The number of nitrogens with two attached hydrogens (primary N) is 1. The van der Waals surface area contributed by atoms with Gasteiger partial charge in [-0.3, -0.25) is 0 Å². The van der Waals surface area contributed by atoms with Crippen LogP contribution in [0.15, 0.2) is 24.3 Å². The van der Waals surface area contributed by atoms with E-state index in [1.165, 1.54) is 38.2 Å². The summed E-state index contributed by atoms with van der Waals surface area (Å²) in [6, 6.07) is 6.24. The number of nitrogens with one attached hydrogen (secondary N) is 1. The number of hydrogen-bond acceptors (Lipinski definition) is 0. The van der Waals surface area contributed by atoms with E-state index in [0.717, 1.165) is 24.5 Å². The second-order valence-electron chi connectivity index (χ2n) is 5.98. The van der Waals surface area contributed by atoms with Crippen molar-refractivity contribution in [3.63, 3.8) is 0 Å². The molecule has 1 heterocycles. The van der Waals surface area contributed by atoms with Crippen LogP contribution in [0.25, 0.3) is 0 Å². The third-order valence-electron chi connectivity index (χ3n) is 4.28. The molecule has 21 heavy (non-hydrogen) atoms. The summed E-state index contributed by atoms with van der Waals surface area (Å²) in [6.45, 7) is 6.46. The van der Waals surface area contributed by atoms with Gasteiger partial charge in [-0.1, -0.05) is 19.1 Å². The number of alkyl halides is 3. The topological polar surface area (TPSA) is 21.1 Å². The first kappa shape index (κ1) is 16.3.